The quantitative estimate of drug-likeness (QED) is 0.491. The van der Waals surface area contributed by atoms with Crippen molar-refractivity contribution in [1.82, 2.24) is 0 Å². The van der Waals surface area contributed by atoms with Gasteiger partial charge in [0.05, 0.1) is 0 Å². The summed E-state index contributed by atoms with van der Waals surface area (Å²) < 4.78 is 12.3. The lowest BCUT2D eigenvalue weighted by molar-refractivity contribution is 0.562. The molecule has 0 unspecified atom stereocenters. The molecule has 0 fully saturated rings. The summed E-state index contributed by atoms with van der Waals surface area (Å²) in [5.74, 6) is -0.132. The number of nitrogens with one attached hydrogen (secondary N) is 2. The molecule has 0 saturated carbocycles. The van der Waals surface area contributed by atoms with E-state index in [9.17, 15) is 4.39 Å². The van der Waals surface area contributed by atoms with Gasteiger partial charge < -0.3 is 0 Å². The largest absolute Gasteiger partial charge is 0.231 e. The van der Waals surface area contributed by atoms with Crippen LogP contribution in [0.4, 0.5) is 4.39 Å². The van der Waals surface area contributed by atoms with Crippen molar-refractivity contribution in [3.8, 4) is 0 Å². The fourth-order valence-electron chi connectivity index (χ4n) is 0.551. The molecule has 14 heavy (non-hydrogen) atoms. The summed E-state index contributed by atoms with van der Waals surface area (Å²) in [5, 5.41) is 10.8. The second-order valence-corrected chi connectivity index (χ2v) is 1.95. The van der Waals surface area contributed by atoms with Gasteiger partial charge in [-0.3, -0.25) is 0 Å². The maximum absolute atomic E-state index is 12.3. The lowest BCUT2D eigenvalue weighted by atomic mass is 10.2. The van der Waals surface area contributed by atoms with Gasteiger partial charge >= 0.3 is 0 Å². The van der Waals surface area contributed by atoms with Gasteiger partial charge in [0, 0.05) is 0 Å². The predicted molar refractivity (Wildman–Crippen MR) is 48.0 cm³/mol. The molecule has 5 heteroatoms. The third-order valence-corrected chi connectivity index (χ3v) is 1.08. The van der Waals surface area contributed by atoms with Crippen molar-refractivity contribution in [1.29, 1.82) is 10.8 Å². The van der Waals surface area contributed by atoms with E-state index < -0.39 is 0 Å². The van der Waals surface area contributed by atoms with Gasteiger partial charge in [-0.05, 0) is 18.6 Å². The van der Waals surface area contributed by atoms with Crippen LogP contribution in [-0.2, 0) is 9.59 Å². The number of halogens is 1. The summed E-state index contributed by atoms with van der Waals surface area (Å²) in [4.78, 5) is 16.7. The van der Waals surface area contributed by atoms with Gasteiger partial charge in [-0.1, -0.05) is 18.2 Å². The minimum atomic E-state index is -0.132. The van der Waals surface area contributed by atoms with Gasteiger partial charge in [0.15, 0.2) is 0 Å². The summed E-state index contributed by atoms with van der Waals surface area (Å²) >= 11 is 0. The van der Waals surface area contributed by atoms with Gasteiger partial charge in [0.2, 0.25) is 12.2 Å². The van der Waals surface area contributed by atoms with Crippen LogP contribution in [0.3, 0.4) is 0 Å². The summed E-state index contributed by atoms with van der Waals surface area (Å²) in [7, 11) is 0. The van der Waals surface area contributed by atoms with Crippen LogP contribution in [0.5, 0.6) is 0 Å². The fourth-order valence-corrected chi connectivity index (χ4v) is 0.551. The van der Waals surface area contributed by atoms with E-state index in [-0.39, 0.29) is 5.82 Å². The molecule has 0 atom stereocenters. The molecule has 0 aliphatic heterocycles. The Morgan fingerprint density at radius 1 is 1.14 bits per heavy atom. The van der Waals surface area contributed by atoms with Gasteiger partial charge in [0.1, 0.15) is 5.82 Å². The van der Waals surface area contributed by atoms with Crippen molar-refractivity contribution in [3.05, 3.63) is 35.6 Å². The zero-order valence-electron chi connectivity index (χ0n) is 7.50. The Kier molecular flexibility index (Phi) is 11.2. The number of isocyanates is 2. The first-order valence-electron chi connectivity index (χ1n) is 3.42. The first kappa shape index (κ1) is 14.4. The molecule has 0 saturated heterocycles. The van der Waals surface area contributed by atoms with Crippen LogP contribution in [0.15, 0.2) is 24.3 Å². The monoisotopic (exact) mass is 196 g/mol. The third-order valence-electron chi connectivity index (χ3n) is 1.08. The maximum Gasteiger partial charge on any atom is 0.231 e. The van der Waals surface area contributed by atoms with E-state index in [1.165, 1.54) is 6.07 Å². The molecule has 0 amide bonds. The summed E-state index contributed by atoms with van der Waals surface area (Å²) in [6.07, 6.45) is 1.50. The van der Waals surface area contributed by atoms with Gasteiger partial charge in [-0.15, -0.1) is 0 Å². The van der Waals surface area contributed by atoms with Crippen molar-refractivity contribution >= 4 is 12.2 Å². The zero-order chi connectivity index (χ0) is 11.4. The van der Waals surface area contributed by atoms with E-state index in [4.69, 9.17) is 20.4 Å². The van der Waals surface area contributed by atoms with Crippen molar-refractivity contribution in [3.63, 3.8) is 0 Å². The molecule has 2 N–H and O–H groups in total. The number of carbonyl (C=O) groups excluding carboxylic acids is 2. The molecule has 1 rings (SSSR count). The Morgan fingerprint density at radius 3 is 1.71 bits per heavy atom. The van der Waals surface area contributed by atoms with Crippen LogP contribution in [0.25, 0.3) is 0 Å². The normalized spacial score (nSPS) is 6.43. The number of benzene rings is 1. The molecule has 0 aliphatic rings. The predicted octanol–water partition coefficient (Wildman–Crippen LogP) is 1.94. The van der Waals surface area contributed by atoms with E-state index >= 15 is 0 Å². The van der Waals surface area contributed by atoms with Crippen LogP contribution in [0.2, 0.25) is 0 Å². The Balaban J connectivity index is 0. The Bertz CT molecular complexity index is 294. The zero-order valence-corrected chi connectivity index (χ0v) is 7.50. The molecule has 0 aliphatic carbocycles. The second kappa shape index (κ2) is 10.9. The van der Waals surface area contributed by atoms with Crippen LogP contribution >= 0.6 is 0 Å². The molecule has 0 spiro atoms. The highest BCUT2D eigenvalue weighted by Crippen LogP contribution is 2.01. The van der Waals surface area contributed by atoms with Crippen molar-refractivity contribution in [2.75, 3.05) is 0 Å². The average molecular weight is 196 g/mol. The molecule has 74 valence electrons. The SMILES string of the molecule is Cc1ccccc1F.N=C=O.N=C=O. The van der Waals surface area contributed by atoms with E-state index in [0.29, 0.717) is 5.56 Å². The topological polar surface area (TPSA) is 81.8 Å². The van der Waals surface area contributed by atoms with Crippen molar-refractivity contribution in [2.24, 2.45) is 0 Å². The molecule has 0 heterocycles. The minimum Gasteiger partial charge on any atom is -0.222 e. The number of aryl methyl sites for hydroxylation is 1. The highest BCUT2D eigenvalue weighted by atomic mass is 19.1. The first-order chi connectivity index (χ1) is 6.63. The van der Waals surface area contributed by atoms with Crippen LogP contribution in [0.1, 0.15) is 5.56 Å². The Labute approximate surface area is 80.4 Å². The second-order valence-electron chi connectivity index (χ2n) is 1.95. The number of hydrogen-bond donors (Lipinski definition) is 2. The molecular weight excluding hydrogens is 187 g/mol. The third kappa shape index (κ3) is 9.91. The van der Waals surface area contributed by atoms with E-state index in [2.05, 4.69) is 0 Å². The van der Waals surface area contributed by atoms with E-state index in [1.807, 2.05) is 6.07 Å². The molecule has 4 nitrogen and oxygen atoms in total. The maximum atomic E-state index is 12.3. The standard InChI is InChI=1S/C7H7F.2CHNO/c1-6-4-2-3-5-7(6)8;2*2-1-3/h2-5H,1H3;2*2H. The molecular formula is C9H9FN2O2. The summed E-state index contributed by atoms with van der Waals surface area (Å²) in [5.41, 5.74) is 0.701. The molecule has 0 radical (unpaired) electrons. The number of hydrogen-bond acceptors (Lipinski definition) is 4. The molecule has 0 bridgehead atoms. The van der Waals surface area contributed by atoms with Crippen LogP contribution in [-0.4, -0.2) is 12.2 Å². The lowest BCUT2D eigenvalue weighted by Crippen LogP contribution is -1.76. The van der Waals surface area contributed by atoms with Crippen LogP contribution < -0.4 is 0 Å². The fraction of sp³-hybridized carbons (Fsp3) is 0.111. The highest BCUT2D eigenvalue weighted by Gasteiger charge is 1.88. The minimum absolute atomic E-state index is 0.132. The van der Waals surface area contributed by atoms with E-state index in [1.54, 1.807) is 19.1 Å². The average Bonchev–Trinajstić information content (AvgIpc) is 2.13. The van der Waals surface area contributed by atoms with Crippen molar-refractivity contribution < 1.29 is 14.0 Å². The van der Waals surface area contributed by atoms with E-state index in [0.717, 1.165) is 12.2 Å². The number of rotatable bonds is 0. The molecule has 1 aromatic carbocycles. The molecule has 0 aromatic heterocycles. The Hall–Kier alpha value is -2.09. The van der Waals surface area contributed by atoms with Crippen molar-refractivity contribution in [2.45, 2.75) is 6.92 Å². The molecule has 1 aromatic rings. The van der Waals surface area contributed by atoms with Gasteiger partial charge in [-0.2, -0.15) is 0 Å². The summed E-state index contributed by atoms with van der Waals surface area (Å²) in [6.45, 7) is 1.75. The van der Waals surface area contributed by atoms with Gasteiger partial charge in [0.25, 0.3) is 0 Å². The van der Waals surface area contributed by atoms with Crippen LogP contribution in [0, 0.1) is 23.6 Å². The van der Waals surface area contributed by atoms with Gasteiger partial charge in [-0.25, -0.2) is 24.8 Å². The Morgan fingerprint density at radius 2 is 1.50 bits per heavy atom. The smallest absolute Gasteiger partial charge is 0.222 e. The lowest BCUT2D eigenvalue weighted by Gasteiger charge is -1.89. The first-order valence-corrected chi connectivity index (χ1v) is 3.42. The summed E-state index contributed by atoms with van der Waals surface area (Å²) in [6, 6.07) is 6.70. The highest BCUT2D eigenvalue weighted by molar-refractivity contribution is 5.26.